The van der Waals surface area contributed by atoms with Crippen LogP contribution in [-0.4, -0.2) is 51.7 Å². The summed E-state index contributed by atoms with van der Waals surface area (Å²) in [4.78, 5) is 9.74. The van der Waals surface area contributed by atoms with Crippen molar-refractivity contribution in [2.75, 3.05) is 31.1 Å². The zero-order valence-electron chi connectivity index (χ0n) is 12.7. The van der Waals surface area contributed by atoms with E-state index >= 15 is 0 Å². The second kappa shape index (κ2) is 5.30. The predicted molar refractivity (Wildman–Crippen MR) is 83.8 cm³/mol. The summed E-state index contributed by atoms with van der Waals surface area (Å²) < 4.78 is 1.95. The maximum atomic E-state index is 4.62. The minimum Gasteiger partial charge on any atom is -0.355 e. The van der Waals surface area contributed by atoms with E-state index in [0.29, 0.717) is 0 Å². The van der Waals surface area contributed by atoms with Crippen molar-refractivity contribution >= 4 is 11.3 Å². The number of rotatable bonds is 2. The molecule has 2 aliphatic heterocycles. The van der Waals surface area contributed by atoms with Crippen molar-refractivity contribution < 1.29 is 0 Å². The Bertz CT molecular complexity index is 621. The highest BCUT2D eigenvalue weighted by Crippen LogP contribution is 2.26. The molecular weight excluding hydrogens is 262 g/mol. The van der Waals surface area contributed by atoms with Crippen LogP contribution in [0.1, 0.15) is 31.4 Å². The monoisotopic (exact) mass is 285 g/mol. The van der Waals surface area contributed by atoms with E-state index in [1.807, 2.05) is 23.8 Å². The van der Waals surface area contributed by atoms with E-state index in [0.717, 1.165) is 36.2 Å². The lowest BCUT2D eigenvalue weighted by Gasteiger charge is -2.37. The van der Waals surface area contributed by atoms with E-state index in [4.69, 9.17) is 0 Å². The van der Waals surface area contributed by atoms with E-state index in [2.05, 4.69) is 25.9 Å². The summed E-state index contributed by atoms with van der Waals surface area (Å²) in [7, 11) is 0. The Hall–Kier alpha value is -1.62. The fourth-order valence-corrected chi connectivity index (χ4v) is 3.82. The van der Waals surface area contributed by atoms with Crippen LogP contribution in [0, 0.1) is 6.92 Å². The summed E-state index contributed by atoms with van der Waals surface area (Å²) in [5.41, 5.74) is 2.19. The Kier molecular flexibility index (Phi) is 3.30. The van der Waals surface area contributed by atoms with Crippen LogP contribution in [0.5, 0.6) is 0 Å². The van der Waals surface area contributed by atoms with Crippen molar-refractivity contribution in [2.24, 2.45) is 0 Å². The fraction of sp³-hybridized carbons (Fsp3) is 0.625. The number of aromatic nitrogens is 3. The zero-order chi connectivity index (χ0) is 14.2. The molecule has 0 spiro atoms. The van der Waals surface area contributed by atoms with E-state index in [1.165, 1.54) is 38.8 Å². The molecule has 112 valence electrons. The molecule has 0 radical (unpaired) electrons. The smallest absolute Gasteiger partial charge is 0.154 e. The fourth-order valence-electron chi connectivity index (χ4n) is 3.82. The molecule has 2 fully saturated rings. The van der Waals surface area contributed by atoms with Crippen LogP contribution in [-0.2, 0) is 0 Å². The summed E-state index contributed by atoms with van der Waals surface area (Å²) in [6.07, 6.45) is 9.09. The molecule has 5 nitrogen and oxygen atoms in total. The molecule has 0 amide bonds. The van der Waals surface area contributed by atoms with Gasteiger partial charge in [-0.3, -0.25) is 0 Å². The van der Waals surface area contributed by atoms with Gasteiger partial charge in [-0.2, -0.15) is 5.10 Å². The van der Waals surface area contributed by atoms with Crippen LogP contribution < -0.4 is 4.90 Å². The highest BCUT2D eigenvalue weighted by molar-refractivity contribution is 5.69. The van der Waals surface area contributed by atoms with Crippen molar-refractivity contribution in [1.29, 1.82) is 0 Å². The largest absolute Gasteiger partial charge is 0.355 e. The van der Waals surface area contributed by atoms with Gasteiger partial charge in [0.25, 0.3) is 0 Å². The Morgan fingerprint density at radius 1 is 1.10 bits per heavy atom. The minimum atomic E-state index is 0.787. The summed E-state index contributed by atoms with van der Waals surface area (Å²) in [5.74, 6) is 1.10. The summed E-state index contributed by atoms with van der Waals surface area (Å²) >= 11 is 0. The highest BCUT2D eigenvalue weighted by Gasteiger charge is 2.27. The van der Waals surface area contributed by atoms with Gasteiger partial charge in [-0.1, -0.05) is 0 Å². The van der Waals surface area contributed by atoms with Gasteiger partial charge in [0.1, 0.15) is 5.52 Å². The van der Waals surface area contributed by atoms with Crippen LogP contribution in [0.15, 0.2) is 18.5 Å². The molecule has 4 rings (SSSR count). The van der Waals surface area contributed by atoms with Gasteiger partial charge in [-0.25, -0.2) is 9.50 Å². The van der Waals surface area contributed by atoms with Gasteiger partial charge in [-0.05, 0) is 51.8 Å². The summed E-state index contributed by atoms with van der Waals surface area (Å²) in [6.45, 7) is 6.87. The lowest BCUT2D eigenvalue weighted by atomic mass is 10.0. The number of hydrogen-bond acceptors (Lipinski definition) is 4. The van der Waals surface area contributed by atoms with Crippen molar-refractivity contribution in [1.82, 2.24) is 19.5 Å². The first-order valence-electron chi connectivity index (χ1n) is 8.11. The lowest BCUT2D eigenvalue weighted by molar-refractivity contribution is 0.207. The average Bonchev–Trinajstić information content (AvgIpc) is 3.15. The molecule has 0 saturated carbocycles. The van der Waals surface area contributed by atoms with Crippen molar-refractivity contribution in [3.63, 3.8) is 0 Å². The van der Waals surface area contributed by atoms with Gasteiger partial charge in [0.05, 0.1) is 5.69 Å². The number of fused-ring (bicyclic) bond motifs is 1. The number of nitrogens with zero attached hydrogens (tertiary/aromatic N) is 5. The molecule has 2 aliphatic rings. The molecule has 0 N–H and O–H groups in total. The number of aryl methyl sites for hydroxylation is 1. The first-order chi connectivity index (χ1) is 10.3. The van der Waals surface area contributed by atoms with Gasteiger partial charge < -0.3 is 9.80 Å². The second-order valence-corrected chi connectivity index (χ2v) is 6.33. The molecule has 4 heterocycles. The molecule has 2 aromatic heterocycles. The highest BCUT2D eigenvalue weighted by atomic mass is 15.3. The molecule has 0 aromatic carbocycles. The molecule has 0 bridgehead atoms. The first-order valence-corrected chi connectivity index (χ1v) is 8.11. The van der Waals surface area contributed by atoms with E-state index in [9.17, 15) is 0 Å². The number of hydrogen-bond donors (Lipinski definition) is 0. The van der Waals surface area contributed by atoms with Crippen LogP contribution >= 0.6 is 0 Å². The molecule has 5 heteroatoms. The zero-order valence-corrected chi connectivity index (χ0v) is 12.7. The molecule has 21 heavy (non-hydrogen) atoms. The van der Waals surface area contributed by atoms with E-state index < -0.39 is 0 Å². The van der Waals surface area contributed by atoms with Gasteiger partial charge in [0, 0.05) is 31.5 Å². The van der Waals surface area contributed by atoms with Crippen molar-refractivity contribution in [2.45, 2.75) is 38.6 Å². The van der Waals surface area contributed by atoms with Crippen molar-refractivity contribution in [3.8, 4) is 0 Å². The van der Waals surface area contributed by atoms with Crippen LogP contribution in [0.2, 0.25) is 0 Å². The third kappa shape index (κ3) is 2.39. The lowest BCUT2D eigenvalue weighted by Crippen LogP contribution is -2.44. The third-order valence-electron chi connectivity index (χ3n) is 4.91. The van der Waals surface area contributed by atoms with Gasteiger partial charge >= 0.3 is 0 Å². The van der Waals surface area contributed by atoms with Gasteiger partial charge in [-0.15, -0.1) is 0 Å². The van der Waals surface area contributed by atoms with Crippen molar-refractivity contribution in [3.05, 3.63) is 24.2 Å². The van der Waals surface area contributed by atoms with Crippen LogP contribution in [0.4, 0.5) is 5.82 Å². The van der Waals surface area contributed by atoms with Gasteiger partial charge in [0.15, 0.2) is 5.82 Å². The minimum absolute atomic E-state index is 0.787. The Morgan fingerprint density at radius 3 is 2.62 bits per heavy atom. The number of anilines is 1. The maximum absolute atomic E-state index is 4.62. The summed E-state index contributed by atoms with van der Waals surface area (Å²) in [6, 6.07) is 2.92. The topological polar surface area (TPSA) is 36.7 Å². The van der Waals surface area contributed by atoms with Gasteiger partial charge in [0.2, 0.25) is 0 Å². The molecular formula is C16H23N5. The van der Waals surface area contributed by atoms with Crippen LogP contribution in [0.25, 0.3) is 5.52 Å². The second-order valence-electron chi connectivity index (χ2n) is 6.33. The molecule has 0 aliphatic carbocycles. The maximum Gasteiger partial charge on any atom is 0.154 e. The van der Waals surface area contributed by atoms with Crippen LogP contribution in [0.3, 0.4) is 0 Å². The quantitative estimate of drug-likeness (QED) is 0.847. The standard InChI is InChI=1S/C16H23N5/c1-13-12-15-16(17-6-11-21(15)18-13)20-9-4-14(5-10-20)19-7-2-3-8-19/h6,11-12,14H,2-5,7-10H2,1H3. The predicted octanol–water partition coefficient (Wildman–Crippen LogP) is 2.10. The SMILES string of the molecule is Cc1cc2c(N3CCC(N4CCCC4)CC3)nccn2n1. The Labute approximate surface area is 125 Å². The molecule has 2 aromatic rings. The first kappa shape index (κ1) is 13.1. The third-order valence-corrected chi connectivity index (χ3v) is 4.91. The summed E-state index contributed by atoms with van der Waals surface area (Å²) in [5, 5.41) is 4.49. The molecule has 0 atom stereocenters. The molecule has 0 unspecified atom stereocenters. The van der Waals surface area contributed by atoms with E-state index in [1.54, 1.807) is 0 Å². The Balaban J connectivity index is 1.52. The number of likely N-dealkylation sites (tertiary alicyclic amines) is 1. The Morgan fingerprint density at radius 2 is 1.86 bits per heavy atom. The van der Waals surface area contributed by atoms with E-state index in [-0.39, 0.29) is 0 Å². The average molecular weight is 285 g/mol. The number of piperidine rings is 1. The normalized spacial score (nSPS) is 21.5. The molecule has 2 saturated heterocycles.